The van der Waals surface area contributed by atoms with E-state index in [2.05, 4.69) is 15.5 Å². The fourth-order valence-electron chi connectivity index (χ4n) is 2.04. The van der Waals surface area contributed by atoms with Gasteiger partial charge in [-0.25, -0.2) is 0 Å². The van der Waals surface area contributed by atoms with Gasteiger partial charge in [0.2, 0.25) is 5.91 Å². The van der Waals surface area contributed by atoms with E-state index in [1.807, 2.05) is 4.90 Å². The molecule has 98 valence electrons. The number of nitrogens with two attached hydrogens (primary N) is 1. The molecule has 1 aliphatic rings. The molecule has 6 nitrogen and oxygen atoms in total. The summed E-state index contributed by atoms with van der Waals surface area (Å²) in [6, 6.07) is 3.44. The van der Waals surface area contributed by atoms with Crippen LogP contribution in [-0.4, -0.2) is 40.6 Å². The summed E-state index contributed by atoms with van der Waals surface area (Å²) in [5, 5.41) is 10.7. The van der Waals surface area contributed by atoms with Crippen LogP contribution in [0.2, 0.25) is 0 Å². The Morgan fingerprint density at radius 2 is 2.06 bits per heavy atom. The maximum atomic E-state index is 11.9. The molecule has 0 aromatic carbocycles. The average molecular weight is 249 g/mol. The normalized spacial score (nSPS) is 15.4. The van der Waals surface area contributed by atoms with Crippen LogP contribution in [-0.2, 0) is 4.79 Å². The van der Waals surface area contributed by atoms with E-state index in [-0.39, 0.29) is 5.91 Å². The van der Waals surface area contributed by atoms with Crippen LogP contribution in [0.5, 0.6) is 0 Å². The van der Waals surface area contributed by atoms with Crippen molar-refractivity contribution in [3.63, 3.8) is 0 Å². The minimum Gasteiger partial charge on any atom is -0.382 e. The topological polar surface area (TPSA) is 84.1 Å². The van der Waals surface area contributed by atoms with E-state index in [0.717, 1.165) is 25.9 Å². The molecule has 2 heterocycles. The highest BCUT2D eigenvalue weighted by molar-refractivity contribution is 5.76. The third kappa shape index (κ3) is 3.58. The summed E-state index contributed by atoms with van der Waals surface area (Å²) in [5.41, 5.74) is 5.44. The highest BCUT2D eigenvalue weighted by Gasteiger charge is 2.15. The number of anilines is 2. The van der Waals surface area contributed by atoms with E-state index in [4.69, 9.17) is 5.73 Å². The van der Waals surface area contributed by atoms with Crippen LogP contribution in [0.15, 0.2) is 12.1 Å². The molecular weight excluding hydrogens is 230 g/mol. The number of hydrogen-bond acceptors (Lipinski definition) is 5. The van der Waals surface area contributed by atoms with Crippen LogP contribution >= 0.6 is 0 Å². The van der Waals surface area contributed by atoms with Gasteiger partial charge in [-0.05, 0) is 31.4 Å². The lowest BCUT2D eigenvalue weighted by atomic mass is 10.1. The quantitative estimate of drug-likeness (QED) is 0.827. The summed E-state index contributed by atoms with van der Waals surface area (Å²) in [6.45, 7) is 2.38. The lowest BCUT2D eigenvalue weighted by Crippen LogP contribution is -2.36. The highest BCUT2D eigenvalue weighted by Crippen LogP contribution is 2.10. The molecule has 0 radical (unpaired) electrons. The first-order valence-corrected chi connectivity index (χ1v) is 6.36. The van der Waals surface area contributed by atoms with Crippen LogP contribution < -0.4 is 11.1 Å². The van der Waals surface area contributed by atoms with Gasteiger partial charge in [-0.2, -0.15) is 0 Å². The predicted molar refractivity (Wildman–Crippen MR) is 70.0 cm³/mol. The fraction of sp³-hybridized carbons (Fsp3) is 0.583. The van der Waals surface area contributed by atoms with E-state index in [9.17, 15) is 4.79 Å². The first-order chi connectivity index (χ1) is 8.75. The van der Waals surface area contributed by atoms with Crippen molar-refractivity contribution in [2.24, 2.45) is 0 Å². The largest absolute Gasteiger partial charge is 0.382 e. The molecular formula is C12H19N5O. The molecule has 0 unspecified atom stereocenters. The molecule has 0 bridgehead atoms. The lowest BCUT2D eigenvalue weighted by molar-refractivity contribution is -0.131. The number of likely N-dealkylation sites (tertiary alicyclic amines) is 1. The minimum atomic E-state index is 0.214. The van der Waals surface area contributed by atoms with Crippen molar-refractivity contribution in [3.8, 4) is 0 Å². The van der Waals surface area contributed by atoms with Crippen molar-refractivity contribution >= 4 is 17.5 Å². The van der Waals surface area contributed by atoms with E-state index in [1.165, 1.54) is 6.42 Å². The zero-order valence-electron chi connectivity index (χ0n) is 10.4. The SMILES string of the molecule is Nc1ccc(NCCC(=O)N2CCCCC2)nn1. The predicted octanol–water partition coefficient (Wildman–Crippen LogP) is 0.873. The number of piperidine rings is 1. The molecule has 2 rings (SSSR count). The molecule has 0 aliphatic carbocycles. The first kappa shape index (κ1) is 12.6. The monoisotopic (exact) mass is 249 g/mol. The molecule has 1 amide bonds. The smallest absolute Gasteiger partial charge is 0.224 e. The van der Waals surface area contributed by atoms with Crippen LogP contribution in [0, 0.1) is 0 Å². The number of amides is 1. The Balaban J connectivity index is 1.71. The summed E-state index contributed by atoms with van der Waals surface area (Å²) >= 11 is 0. The number of hydrogen-bond donors (Lipinski definition) is 2. The number of nitrogens with zero attached hydrogens (tertiary/aromatic N) is 3. The van der Waals surface area contributed by atoms with Gasteiger partial charge >= 0.3 is 0 Å². The van der Waals surface area contributed by atoms with Crippen molar-refractivity contribution in [1.29, 1.82) is 0 Å². The molecule has 0 atom stereocenters. The van der Waals surface area contributed by atoms with Crippen LogP contribution in [0.3, 0.4) is 0 Å². The fourth-order valence-corrected chi connectivity index (χ4v) is 2.04. The second-order valence-corrected chi connectivity index (χ2v) is 4.46. The Hall–Kier alpha value is -1.85. The van der Waals surface area contributed by atoms with Crippen molar-refractivity contribution in [2.75, 3.05) is 30.7 Å². The van der Waals surface area contributed by atoms with Gasteiger partial charge in [-0.15, -0.1) is 10.2 Å². The molecule has 1 fully saturated rings. The van der Waals surface area contributed by atoms with Gasteiger partial charge in [-0.1, -0.05) is 0 Å². The molecule has 3 N–H and O–H groups in total. The number of nitrogens with one attached hydrogen (secondary N) is 1. The Morgan fingerprint density at radius 3 is 2.72 bits per heavy atom. The van der Waals surface area contributed by atoms with Crippen LogP contribution in [0.4, 0.5) is 11.6 Å². The summed E-state index contributed by atoms with van der Waals surface area (Å²) in [5.74, 6) is 1.26. The number of rotatable bonds is 4. The summed E-state index contributed by atoms with van der Waals surface area (Å²) in [7, 11) is 0. The Kier molecular flexibility index (Phi) is 4.33. The Bertz CT molecular complexity index is 386. The van der Waals surface area contributed by atoms with Gasteiger partial charge in [0.05, 0.1) is 0 Å². The van der Waals surface area contributed by atoms with Gasteiger partial charge in [-0.3, -0.25) is 4.79 Å². The third-order valence-corrected chi connectivity index (χ3v) is 3.04. The van der Waals surface area contributed by atoms with Gasteiger partial charge in [0.1, 0.15) is 11.6 Å². The molecule has 0 saturated carbocycles. The molecule has 6 heteroatoms. The maximum absolute atomic E-state index is 11.9. The van der Waals surface area contributed by atoms with Gasteiger partial charge in [0.25, 0.3) is 0 Å². The minimum absolute atomic E-state index is 0.214. The second kappa shape index (κ2) is 6.18. The van der Waals surface area contributed by atoms with Crippen molar-refractivity contribution in [1.82, 2.24) is 15.1 Å². The molecule has 1 saturated heterocycles. The lowest BCUT2D eigenvalue weighted by Gasteiger charge is -2.26. The summed E-state index contributed by atoms with van der Waals surface area (Å²) < 4.78 is 0. The van der Waals surface area contributed by atoms with E-state index in [0.29, 0.717) is 24.6 Å². The number of carbonyl (C=O) groups is 1. The maximum Gasteiger partial charge on any atom is 0.224 e. The van der Waals surface area contributed by atoms with Gasteiger partial charge in [0.15, 0.2) is 0 Å². The highest BCUT2D eigenvalue weighted by atomic mass is 16.2. The zero-order chi connectivity index (χ0) is 12.8. The van der Waals surface area contributed by atoms with E-state index in [1.54, 1.807) is 12.1 Å². The molecule has 1 aromatic rings. The van der Waals surface area contributed by atoms with Crippen LogP contribution in [0.25, 0.3) is 0 Å². The molecule has 18 heavy (non-hydrogen) atoms. The third-order valence-electron chi connectivity index (χ3n) is 3.04. The first-order valence-electron chi connectivity index (χ1n) is 6.36. The molecule has 1 aliphatic heterocycles. The summed E-state index contributed by atoms with van der Waals surface area (Å²) in [6.07, 6.45) is 3.99. The van der Waals surface area contributed by atoms with Gasteiger partial charge in [0, 0.05) is 26.1 Å². The second-order valence-electron chi connectivity index (χ2n) is 4.46. The van der Waals surface area contributed by atoms with Crippen LogP contribution in [0.1, 0.15) is 25.7 Å². The Labute approximate surface area is 107 Å². The van der Waals surface area contributed by atoms with Crippen molar-refractivity contribution in [3.05, 3.63) is 12.1 Å². The molecule has 1 aromatic heterocycles. The van der Waals surface area contributed by atoms with E-state index < -0.39 is 0 Å². The standard InChI is InChI=1S/C12H19N5O/c13-10-4-5-11(16-15-10)14-7-6-12(18)17-8-2-1-3-9-17/h4-5H,1-3,6-9H2,(H2,13,15)(H,14,16). The average Bonchev–Trinajstić information content (AvgIpc) is 2.42. The Morgan fingerprint density at radius 1 is 1.28 bits per heavy atom. The van der Waals surface area contributed by atoms with Gasteiger partial charge < -0.3 is 16.0 Å². The zero-order valence-corrected chi connectivity index (χ0v) is 10.4. The van der Waals surface area contributed by atoms with E-state index >= 15 is 0 Å². The van der Waals surface area contributed by atoms with Crippen molar-refractivity contribution in [2.45, 2.75) is 25.7 Å². The number of carbonyl (C=O) groups excluding carboxylic acids is 1. The number of nitrogen functional groups attached to an aromatic ring is 1. The molecule has 0 spiro atoms. The summed E-state index contributed by atoms with van der Waals surface area (Å²) in [4.78, 5) is 13.8. The van der Waals surface area contributed by atoms with Crippen molar-refractivity contribution < 1.29 is 4.79 Å². The number of aromatic nitrogens is 2.